The number of hydrogen-bond acceptors (Lipinski definition) is 4. The molecule has 1 aromatic carbocycles. The van der Waals surface area contributed by atoms with Gasteiger partial charge in [0.05, 0.1) is 29.1 Å². The van der Waals surface area contributed by atoms with Crippen LogP contribution in [0.4, 0.5) is 11.4 Å². The minimum Gasteiger partial charge on any atom is -0.545 e. The second-order valence-corrected chi connectivity index (χ2v) is 13.3. The molecule has 2 N–H and O–H groups in total. The molecule has 5 nitrogen and oxygen atoms in total. The highest BCUT2D eigenvalue weighted by molar-refractivity contribution is 6.74. The molecule has 0 saturated heterocycles. The van der Waals surface area contributed by atoms with E-state index in [-0.39, 0.29) is 11.1 Å². The summed E-state index contributed by atoms with van der Waals surface area (Å²) in [7, 11) is 0.0373. The van der Waals surface area contributed by atoms with Gasteiger partial charge in [-0.3, -0.25) is 4.68 Å². The summed E-state index contributed by atoms with van der Waals surface area (Å²) in [6.45, 7) is 13.5. The van der Waals surface area contributed by atoms with E-state index in [1.807, 2.05) is 30.1 Å². The standard InChI is InChI=1S/C20H30N4OSi/c1-14-19(25-26(6,7)20(2,3)4)9-8-10-24(14)18-11-15-13-22-23(5)17(15)12-16(18)21/h8-14H,21H2,1-7H3/t14-/m0/s1. The molecule has 140 valence electrons. The first-order chi connectivity index (χ1) is 12.0. The Hall–Kier alpha value is -2.21. The highest BCUT2D eigenvalue weighted by atomic mass is 28.4. The van der Waals surface area contributed by atoms with E-state index in [1.165, 1.54) is 0 Å². The van der Waals surface area contributed by atoms with Crippen molar-refractivity contribution in [2.45, 2.75) is 51.9 Å². The van der Waals surface area contributed by atoms with Crippen molar-refractivity contribution in [3.05, 3.63) is 42.4 Å². The lowest BCUT2D eigenvalue weighted by molar-refractivity contribution is 0.353. The quantitative estimate of drug-likeness (QED) is 0.624. The first kappa shape index (κ1) is 18.6. The normalized spacial score (nSPS) is 18.3. The third-order valence-electron chi connectivity index (χ3n) is 5.69. The van der Waals surface area contributed by atoms with Gasteiger partial charge in [-0.25, -0.2) is 0 Å². The number of allylic oxidation sites excluding steroid dienone is 2. The molecule has 3 rings (SSSR count). The maximum absolute atomic E-state index is 6.59. The molecule has 2 aromatic rings. The van der Waals surface area contributed by atoms with Crippen LogP contribution in [0.2, 0.25) is 18.1 Å². The number of nitrogens with zero attached hydrogens (tertiary/aromatic N) is 3. The minimum absolute atomic E-state index is 0.0885. The van der Waals surface area contributed by atoms with Crippen LogP contribution in [-0.4, -0.2) is 24.1 Å². The van der Waals surface area contributed by atoms with Gasteiger partial charge in [0.1, 0.15) is 5.76 Å². The summed E-state index contributed by atoms with van der Waals surface area (Å²) in [4.78, 5) is 2.18. The molecule has 0 unspecified atom stereocenters. The van der Waals surface area contributed by atoms with Crippen LogP contribution in [0, 0.1) is 0 Å². The van der Waals surface area contributed by atoms with Crippen LogP contribution < -0.4 is 10.6 Å². The van der Waals surface area contributed by atoms with E-state index in [2.05, 4.69) is 69.1 Å². The second-order valence-electron chi connectivity index (χ2n) is 8.59. The van der Waals surface area contributed by atoms with Gasteiger partial charge in [-0.05, 0) is 49.3 Å². The molecule has 0 aliphatic carbocycles. The van der Waals surface area contributed by atoms with Gasteiger partial charge in [-0.2, -0.15) is 5.10 Å². The molecule has 6 heteroatoms. The third kappa shape index (κ3) is 3.14. The molecule has 1 aromatic heterocycles. The van der Waals surface area contributed by atoms with Crippen LogP contribution in [0.15, 0.2) is 42.4 Å². The van der Waals surface area contributed by atoms with Crippen LogP contribution in [0.25, 0.3) is 10.9 Å². The first-order valence-corrected chi connectivity index (χ1v) is 12.0. The largest absolute Gasteiger partial charge is 0.545 e. The van der Waals surface area contributed by atoms with E-state index >= 15 is 0 Å². The Labute approximate surface area is 157 Å². The van der Waals surface area contributed by atoms with Crippen LogP contribution in [0.1, 0.15) is 27.7 Å². The molecule has 0 spiro atoms. The smallest absolute Gasteiger partial charge is 0.250 e. The average Bonchev–Trinajstić information content (AvgIpc) is 2.88. The van der Waals surface area contributed by atoms with E-state index < -0.39 is 8.32 Å². The van der Waals surface area contributed by atoms with Crippen molar-refractivity contribution in [1.82, 2.24) is 9.78 Å². The zero-order chi connectivity index (χ0) is 19.3. The van der Waals surface area contributed by atoms with Crippen molar-refractivity contribution < 1.29 is 4.43 Å². The first-order valence-electron chi connectivity index (χ1n) is 9.08. The molecular weight excluding hydrogens is 340 g/mol. The summed E-state index contributed by atoms with van der Waals surface area (Å²) >= 11 is 0. The predicted molar refractivity (Wildman–Crippen MR) is 113 cm³/mol. The molecule has 26 heavy (non-hydrogen) atoms. The molecule has 1 atom stereocenters. The second kappa shape index (κ2) is 6.19. The van der Waals surface area contributed by atoms with Gasteiger partial charge in [0.2, 0.25) is 8.32 Å². The molecule has 1 aliphatic rings. The van der Waals surface area contributed by atoms with E-state index in [4.69, 9.17) is 10.2 Å². The topological polar surface area (TPSA) is 56.3 Å². The Bertz CT molecular complexity index is 889. The summed E-state index contributed by atoms with van der Waals surface area (Å²) in [5.41, 5.74) is 9.14. The highest BCUT2D eigenvalue weighted by Crippen LogP contribution is 2.40. The summed E-state index contributed by atoms with van der Waals surface area (Å²) in [5, 5.41) is 5.57. The van der Waals surface area contributed by atoms with Gasteiger partial charge in [0, 0.05) is 18.6 Å². The van der Waals surface area contributed by atoms with Gasteiger partial charge >= 0.3 is 0 Å². The van der Waals surface area contributed by atoms with Crippen LogP contribution in [-0.2, 0) is 11.5 Å². The van der Waals surface area contributed by atoms with Crippen LogP contribution in [0.5, 0.6) is 0 Å². The van der Waals surface area contributed by atoms with E-state index in [1.54, 1.807) is 0 Å². The average molecular weight is 371 g/mol. The zero-order valence-electron chi connectivity index (χ0n) is 16.9. The number of fused-ring (bicyclic) bond motifs is 1. The molecule has 0 fully saturated rings. The van der Waals surface area contributed by atoms with Crippen molar-refractivity contribution in [3.8, 4) is 0 Å². The fourth-order valence-electron chi connectivity index (χ4n) is 2.92. The number of aryl methyl sites for hydroxylation is 1. The van der Waals surface area contributed by atoms with Crippen molar-refractivity contribution in [3.63, 3.8) is 0 Å². The van der Waals surface area contributed by atoms with Gasteiger partial charge in [-0.1, -0.05) is 20.8 Å². The molecule has 0 saturated carbocycles. The van der Waals surface area contributed by atoms with E-state index in [9.17, 15) is 0 Å². The zero-order valence-corrected chi connectivity index (χ0v) is 17.9. The van der Waals surface area contributed by atoms with Gasteiger partial charge in [-0.15, -0.1) is 0 Å². The van der Waals surface area contributed by atoms with Crippen LogP contribution in [0.3, 0.4) is 0 Å². The summed E-state index contributed by atoms with van der Waals surface area (Å²) in [6, 6.07) is 4.18. The summed E-state index contributed by atoms with van der Waals surface area (Å²) < 4.78 is 8.43. The molecule has 1 aliphatic heterocycles. The lowest BCUT2D eigenvalue weighted by atomic mass is 10.1. The fourth-order valence-corrected chi connectivity index (χ4v) is 4.05. The van der Waals surface area contributed by atoms with Crippen molar-refractivity contribution >= 4 is 30.6 Å². The number of hydrogen-bond donors (Lipinski definition) is 1. The number of nitrogen functional groups attached to an aromatic ring is 1. The van der Waals surface area contributed by atoms with E-state index in [0.29, 0.717) is 0 Å². The summed E-state index contributed by atoms with van der Waals surface area (Å²) in [5.74, 6) is 1.00. The fraction of sp³-hybridized carbons (Fsp3) is 0.450. The Morgan fingerprint density at radius 3 is 2.58 bits per heavy atom. The van der Waals surface area contributed by atoms with E-state index in [0.717, 1.165) is 28.0 Å². The number of nitrogens with two attached hydrogens (primary N) is 1. The van der Waals surface area contributed by atoms with Gasteiger partial charge in [0.25, 0.3) is 0 Å². The van der Waals surface area contributed by atoms with Crippen molar-refractivity contribution in [1.29, 1.82) is 0 Å². The Morgan fingerprint density at radius 1 is 1.23 bits per heavy atom. The Kier molecular flexibility index (Phi) is 4.43. The Balaban J connectivity index is 1.93. The third-order valence-corrected chi connectivity index (χ3v) is 10.0. The van der Waals surface area contributed by atoms with Gasteiger partial charge < -0.3 is 15.1 Å². The maximum atomic E-state index is 6.59. The number of anilines is 2. The molecule has 0 bridgehead atoms. The maximum Gasteiger partial charge on any atom is 0.250 e. The molecular formula is C20H30N4OSi. The molecule has 0 amide bonds. The SMILES string of the molecule is C[C@H]1C(O[Si](C)(C)C(C)(C)C)=CC=CN1c1cc2cnn(C)c2cc1N. The van der Waals surface area contributed by atoms with Crippen molar-refractivity contribution in [2.75, 3.05) is 10.6 Å². The molecule has 2 heterocycles. The predicted octanol–water partition coefficient (Wildman–Crippen LogP) is 4.78. The number of benzene rings is 1. The monoisotopic (exact) mass is 370 g/mol. The highest BCUT2D eigenvalue weighted by Gasteiger charge is 2.40. The number of aromatic nitrogens is 2. The minimum atomic E-state index is -1.89. The summed E-state index contributed by atoms with van der Waals surface area (Å²) in [6.07, 6.45) is 8.06. The Morgan fingerprint density at radius 2 is 1.92 bits per heavy atom. The lowest BCUT2D eigenvalue weighted by Gasteiger charge is -2.41. The number of rotatable bonds is 3. The van der Waals surface area contributed by atoms with Gasteiger partial charge in [0.15, 0.2) is 0 Å². The molecule has 0 radical (unpaired) electrons. The van der Waals surface area contributed by atoms with Crippen molar-refractivity contribution in [2.24, 2.45) is 7.05 Å². The lowest BCUT2D eigenvalue weighted by Crippen LogP contribution is -2.44. The van der Waals surface area contributed by atoms with Crippen LogP contribution >= 0.6 is 0 Å².